The van der Waals surface area contributed by atoms with Gasteiger partial charge in [0.05, 0.1) is 10.3 Å². The molecule has 1 aromatic rings. The summed E-state index contributed by atoms with van der Waals surface area (Å²) in [6.45, 7) is 4.02. The van der Waals surface area contributed by atoms with E-state index in [-0.39, 0.29) is 5.41 Å². The molecule has 2 aliphatic carbocycles. The molecule has 0 unspecified atom stereocenters. The highest BCUT2D eigenvalue weighted by Crippen LogP contribution is 2.66. The molecule has 4 rings (SSSR count). The van der Waals surface area contributed by atoms with Crippen LogP contribution in [-0.2, 0) is 24.3 Å². The minimum Gasteiger partial charge on any atom is -0.356 e. The van der Waals surface area contributed by atoms with Crippen molar-refractivity contribution in [3.8, 4) is 0 Å². The molecular formula is C21H27N3O8S. The fourth-order valence-corrected chi connectivity index (χ4v) is 7.59. The number of imide groups is 1. The van der Waals surface area contributed by atoms with E-state index in [0.29, 0.717) is 23.1 Å². The number of hydrogen-bond acceptors (Lipinski definition) is 8. The van der Waals surface area contributed by atoms with Gasteiger partial charge in [-0.25, -0.2) is 18.1 Å². The number of fused-ring (bicyclic) bond motifs is 2. The number of methoxy groups -OCH3 is 2. The molecule has 3 amide bonds. The van der Waals surface area contributed by atoms with Crippen LogP contribution in [0.5, 0.6) is 0 Å². The summed E-state index contributed by atoms with van der Waals surface area (Å²) < 4.78 is 38.1. The van der Waals surface area contributed by atoms with Gasteiger partial charge in [0.2, 0.25) is 5.91 Å². The number of carbonyl (C=O) groups excluding carboxylic acids is 2. The van der Waals surface area contributed by atoms with Crippen LogP contribution in [-0.4, -0.2) is 61.2 Å². The van der Waals surface area contributed by atoms with Crippen LogP contribution in [0.4, 0.5) is 10.5 Å². The molecule has 1 aromatic carbocycles. The zero-order valence-electron chi connectivity index (χ0n) is 18.9. The van der Waals surface area contributed by atoms with Crippen molar-refractivity contribution in [2.24, 2.45) is 16.7 Å². The molecule has 3 fully saturated rings. The van der Waals surface area contributed by atoms with Gasteiger partial charge in [-0.3, -0.25) is 14.9 Å². The van der Waals surface area contributed by atoms with E-state index >= 15 is 0 Å². The Kier molecular flexibility index (Phi) is 5.53. The number of nitro groups is 1. The van der Waals surface area contributed by atoms with Crippen molar-refractivity contribution in [1.82, 2.24) is 9.21 Å². The molecule has 180 valence electrons. The quantitative estimate of drug-likeness (QED) is 0.447. The fourth-order valence-electron chi connectivity index (χ4n) is 5.96. The van der Waals surface area contributed by atoms with E-state index in [9.17, 15) is 28.1 Å². The molecule has 11 nitrogen and oxygen atoms in total. The summed E-state index contributed by atoms with van der Waals surface area (Å²) in [4.78, 5) is 38.2. The Balaban J connectivity index is 1.80. The van der Waals surface area contributed by atoms with Crippen LogP contribution < -0.4 is 0 Å². The minimum absolute atomic E-state index is 0.338. The maximum Gasteiger partial charge on any atom is 0.345 e. The second-order valence-corrected chi connectivity index (χ2v) is 11.1. The first-order chi connectivity index (χ1) is 15.5. The smallest absolute Gasteiger partial charge is 0.345 e. The van der Waals surface area contributed by atoms with E-state index in [1.807, 2.05) is 13.8 Å². The van der Waals surface area contributed by atoms with Gasteiger partial charge in [0, 0.05) is 20.3 Å². The van der Waals surface area contributed by atoms with Crippen molar-refractivity contribution >= 4 is 27.6 Å². The minimum atomic E-state index is -4.76. The number of urea groups is 1. The van der Waals surface area contributed by atoms with Crippen LogP contribution in [0.1, 0.15) is 39.5 Å². The highest BCUT2D eigenvalue weighted by Gasteiger charge is 2.67. The van der Waals surface area contributed by atoms with Crippen LogP contribution in [0.25, 0.3) is 0 Å². The molecule has 2 atom stereocenters. The molecule has 2 saturated carbocycles. The Morgan fingerprint density at radius 2 is 1.70 bits per heavy atom. The number of nitrogens with zero attached hydrogens (tertiary/aromatic N) is 3. The van der Waals surface area contributed by atoms with Crippen LogP contribution in [0.15, 0.2) is 29.2 Å². The molecule has 1 heterocycles. The topological polar surface area (TPSA) is 136 Å². The second-order valence-electron chi connectivity index (χ2n) is 9.31. The van der Waals surface area contributed by atoms with Gasteiger partial charge in [-0.05, 0) is 43.1 Å². The van der Waals surface area contributed by atoms with Crippen LogP contribution in [0.2, 0.25) is 0 Å². The van der Waals surface area contributed by atoms with Crippen LogP contribution >= 0.6 is 0 Å². The first-order valence-electron chi connectivity index (χ1n) is 10.7. The number of carbonyl (C=O) groups is 2. The van der Waals surface area contributed by atoms with E-state index in [2.05, 4.69) is 0 Å². The lowest BCUT2D eigenvalue weighted by Crippen LogP contribution is -2.52. The Labute approximate surface area is 191 Å². The second kappa shape index (κ2) is 7.74. The summed E-state index contributed by atoms with van der Waals surface area (Å²) in [6.07, 6.45) is 0.0531. The van der Waals surface area contributed by atoms with Crippen molar-refractivity contribution in [2.45, 2.75) is 56.9 Å². The normalized spacial score (nSPS) is 30.8. The first kappa shape index (κ1) is 23.6. The molecule has 2 bridgehead atoms. The van der Waals surface area contributed by atoms with E-state index in [1.54, 1.807) is 0 Å². The average Bonchev–Trinajstić information content (AvgIpc) is 3.33. The number of para-hydroxylation sites is 1. The summed E-state index contributed by atoms with van der Waals surface area (Å²) in [7, 11) is -2.33. The Hall–Kier alpha value is -2.57. The summed E-state index contributed by atoms with van der Waals surface area (Å²) >= 11 is 0. The highest BCUT2D eigenvalue weighted by atomic mass is 32.2. The summed E-state index contributed by atoms with van der Waals surface area (Å²) in [5.41, 5.74) is -1.87. The van der Waals surface area contributed by atoms with Gasteiger partial charge < -0.3 is 9.47 Å². The van der Waals surface area contributed by atoms with Gasteiger partial charge in [-0.1, -0.05) is 26.0 Å². The number of hydrogen-bond donors (Lipinski definition) is 0. The van der Waals surface area contributed by atoms with Crippen molar-refractivity contribution in [1.29, 1.82) is 0 Å². The Morgan fingerprint density at radius 3 is 2.18 bits per heavy atom. The predicted molar refractivity (Wildman–Crippen MR) is 114 cm³/mol. The summed E-state index contributed by atoms with van der Waals surface area (Å²) in [6, 6.07) is 3.57. The predicted octanol–water partition coefficient (Wildman–Crippen LogP) is 2.71. The Morgan fingerprint density at radius 1 is 1.12 bits per heavy atom. The summed E-state index contributed by atoms with van der Waals surface area (Å²) in [5, 5.41) is 11.5. The van der Waals surface area contributed by atoms with Crippen molar-refractivity contribution < 1.29 is 32.4 Å². The molecule has 0 aromatic heterocycles. The first-order valence-corrected chi connectivity index (χ1v) is 12.1. The lowest BCUT2D eigenvalue weighted by molar-refractivity contribution is -0.387. The largest absolute Gasteiger partial charge is 0.356 e. The third-order valence-corrected chi connectivity index (χ3v) is 9.71. The molecule has 1 aliphatic heterocycles. The monoisotopic (exact) mass is 481 g/mol. The molecular weight excluding hydrogens is 454 g/mol. The molecule has 3 aliphatic rings. The maximum absolute atomic E-state index is 13.9. The third-order valence-electron chi connectivity index (χ3n) is 7.93. The number of rotatable bonds is 6. The van der Waals surface area contributed by atoms with Gasteiger partial charge in [-0.2, -0.15) is 4.31 Å². The van der Waals surface area contributed by atoms with E-state index in [4.69, 9.17) is 9.47 Å². The van der Waals surface area contributed by atoms with Crippen LogP contribution in [0.3, 0.4) is 0 Å². The fraction of sp³-hybridized carbons (Fsp3) is 0.619. The van der Waals surface area contributed by atoms with E-state index in [0.717, 1.165) is 29.9 Å². The standard InChI is InChI=1S/C21H27N3O8S/c1-20(2)13-9-11-21(20,12-10-13)18(25)22-16(31-3)17(32-4)23(19(22)26)33(29,30)15-8-6-5-7-14(15)24(27)28/h5-8,13,16-17H,9-12H2,1-4H3/t13?,16-,17-,21?/m1/s1. The molecule has 12 heteroatoms. The highest BCUT2D eigenvalue weighted by molar-refractivity contribution is 7.89. The van der Waals surface area contributed by atoms with Crippen molar-refractivity contribution in [3.63, 3.8) is 0 Å². The van der Waals surface area contributed by atoms with Gasteiger partial charge in [0.15, 0.2) is 17.4 Å². The molecule has 0 radical (unpaired) electrons. The number of ether oxygens (including phenoxy) is 2. The molecule has 0 spiro atoms. The summed E-state index contributed by atoms with van der Waals surface area (Å²) in [5.74, 6) is -0.156. The van der Waals surface area contributed by atoms with E-state index in [1.165, 1.54) is 26.4 Å². The maximum atomic E-state index is 13.9. The molecule has 1 saturated heterocycles. The Bertz CT molecular complexity index is 1110. The lowest BCUT2D eigenvalue weighted by atomic mass is 9.68. The van der Waals surface area contributed by atoms with Crippen molar-refractivity contribution in [3.05, 3.63) is 34.4 Å². The van der Waals surface area contributed by atoms with E-state index < -0.39 is 55.3 Å². The number of sulfonamides is 1. The van der Waals surface area contributed by atoms with Gasteiger partial charge >= 0.3 is 6.03 Å². The molecule has 33 heavy (non-hydrogen) atoms. The SMILES string of the molecule is CO[C@@H]1[C@@H](OC)N(S(=O)(=O)c2ccccc2[N+](=O)[O-])C(=O)N1C(=O)C12CCC(CC1)C2(C)C. The van der Waals surface area contributed by atoms with Gasteiger partial charge in [0.1, 0.15) is 0 Å². The average molecular weight is 482 g/mol. The lowest BCUT2D eigenvalue weighted by Gasteiger charge is -2.39. The van der Waals surface area contributed by atoms with Crippen molar-refractivity contribution in [2.75, 3.05) is 14.2 Å². The number of amides is 3. The third kappa shape index (κ3) is 3.03. The van der Waals surface area contributed by atoms with Gasteiger partial charge in [0.25, 0.3) is 15.7 Å². The molecule has 0 N–H and O–H groups in total. The number of benzene rings is 1. The number of nitro benzene ring substituents is 1. The van der Waals surface area contributed by atoms with Crippen LogP contribution in [0, 0.1) is 26.9 Å². The zero-order valence-corrected chi connectivity index (χ0v) is 19.7. The van der Waals surface area contributed by atoms with Gasteiger partial charge in [-0.15, -0.1) is 0 Å². The zero-order chi connectivity index (χ0) is 24.3.